The number of anilines is 1. The molecule has 0 radical (unpaired) electrons. The van der Waals surface area contributed by atoms with E-state index in [-0.39, 0.29) is 22.5 Å². The number of esters is 1. The summed E-state index contributed by atoms with van der Waals surface area (Å²) >= 11 is 5.81. The number of nitrogens with zero attached hydrogens (tertiary/aromatic N) is 4. The summed E-state index contributed by atoms with van der Waals surface area (Å²) in [6.07, 6.45) is 1.94. The van der Waals surface area contributed by atoms with E-state index in [1.807, 2.05) is 0 Å². The van der Waals surface area contributed by atoms with Crippen LogP contribution in [0, 0.1) is 17.0 Å². The lowest BCUT2D eigenvalue weighted by Crippen LogP contribution is -2.59. The molecule has 0 bridgehead atoms. The number of halogens is 1. The van der Waals surface area contributed by atoms with Gasteiger partial charge in [0.05, 0.1) is 12.0 Å². The number of hydrogen-bond donors (Lipinski definition) is 0. The van der Waals surface area contributed by atoms with Gasteiger partial charge < -0.3 is 9.64 Å². The minimum Gasteiger partial charge on any atom is -0.467 e. The lowest BCUT2D eigenvalue weighted by molar-refractivity contribution is -0.385. The van der Waals surface area contributed by atoms with E-state index < -0.39 is 16.4 Å². The maximum Gasteiger partial charge on any atom is 0.332 e. The van der Waals surface area contributed by atoms with E-state index in [0.717, 1.165) is 6.42 Å². The molecule has 0 aliphatic heterocycles. The predicted molar refractivity (Wildman–Crippen MR) is 75.4 cm³/mol. The Morgan fingerprint density at radius 3 is 2.52 bits per heavy atom. The number of carbonyl (C=O) groups excluding carboxylic acids is 1. The maximum atomic E-state index is 12.1. The van der Waals surface area contributed by atoms with Crippen molar-refractivity contribution in [1.29, 1.82) is 0 Å². The highest BCUT2D eigenvalue weighted by molar-refractivity contribution is 6.28. The number of likely N-dealkylation sites (N-methyl/N-ethyl adjacent to an activating group) is 1. The van der Waals surface area contributed by atoms with Crippen LogP contribution in [0.5, 0.6) is 0 Å². The number of methoxy groups -OCH3 is 1. The topological polar surface area (TPSA) is 98.5 Å². The van der Waals surface area contributed by atoms with Crippen LogP contribution < -0.4 is 4.90 Å². The second-order valence-electron chi connectivity index (χ2n) is 4.94. The van der Waals surface area contributed by atoms with Crippen molar-refractivity contribution in [2.45, 2.75) is 31.7 Å². The summed E-state index contributed by atoms with van der Waals surface area (Å²) in [6.45, 7) is 1.48. The van der Waals surface area contributed by atoms with Crippen LogP contribution >= 0.6 is 11.6 Å². The summed E-state index contributed by atoms with van der Waals surface area (Å²) in [5.41, 5.74) is -1.03. The molecular weight excluding hydrogens is 300 g/mol. The first-order valence-corrected chi connectivity index (χ1v) is 6.72. The third-order valence-corrected chi connectivity index (χ3v) is 4.07. The Hall–Kier alpha value is -1.96. The lowest BCUT2D eigenvalue weighted by atomic mass is 9.75. The minimum atomic E-state index is -0.927. The standard InChI is InChI=1S/C12H15ClN4O4/c1-7-8(17(19)20)9(15-11(13)14-7)16(2)12(5-4-6-12)10(18)21-3/h4-6H2,1-3H3. The second kappa shape index (κ2) is 5.44. The molecular formula is C12H15ClN4O4. The SMILES string of the molecule is COC(=O)C1(N(C)c2nc(Cl)nc(C)c2[N+](=O)[O-])CCC1. The highest BCUT2D eigenvalue weighted by Crippen LogP contribution is 2.43. The van der Waals surface area contributed by atoms with Gasteiger partial charge in [0.2, 0.25) is 11.1 Å². The van der Waals surface area contributed by atoms with Crippen LogP contribution in [0.15, 0.2) is 0 Å². The quantitative estimate of drug-likeness (QED) is 0.362. The van der Waals surface area contributed by atoms with E-state index in [2.05, 4.69) is 9.97 Å². The van der Waals surface area contributed by atoms with Gasteiger partial charge in [-0.25, -0.2) is 9.78 Å². The molecule has 2 rings (SSSR count). The van der Waals surface area contributed by atoms with E-state index in [1.54, 1.807) is 7.05 Å². The summed E-state index contributed by atoms with van der Waals surface area (Å²) in [4.78, 5) is 32.0. The molecule has 1 aromatic rings. The molecule has 0 amide bonds. The Bertz CT molecular complexity index is 603. The zero-order valence-corrected chi connectivity index (χ0v) is 12.7. The average molecular weight is 315 g/mol. The molecule has 8 nitrogen and oxygen atoms in total. The monoisotopic (exact) mass is 314 g/mol. The Kier molecular flexibility index (Phi) is 3.99. The molecule has 0 unspecified atom stereocenters. The minimum absolute atomic E-state index is 0.0302. The molecule has 1 heterocycles. The molecule has 9 heteroatoms. The van der Waals surface area contributed by atoms with Gasteiger partial charge in [-0.1, -0.05) is 0 Å². The molecule has 1 fully saturated rings. The van der Waals surface area contributed by atoms with Crippen LogP contribution in [0.25, 0.3) is 0 Å². The molecule has 1 aliphatic rings. The van der Waals surface area contributed by atoms with Crippen LogP contribution in [0.3, 0.4) is 0 Å². The van der Waals surface area contributed by atoms with E-state index in [4.69, 9.17) is 16.3 Å². The number of nitro groups is 1. The highest BCUT2D eigenvalue weighted by Gasteiger charge is 2.51. The van der Waals surface area contributed by atoms with Crippen LogP contribution in [-0.4, -0.2) is 40.6 Å². The van der Waals surface area contributed by atoms with Crippen molar-refractivity contribution in [3.63, 3.8) is 0 Å². The molecule has 0 N–H and O–H groups in total. The molecule has 0 aromatic carbocycles. The summed E-state index contributed by atoms with van der Waals surface area (Å²) < 4.78 is 4.83. The average Bonchev–Trinajstić information content (AvgIpc) is 2.35. The van der Waals surface area contributed by atoms with E-state index >= 15 is 0 Å². The van der Waals surface area contributed by atoms with Gasteiger partial charge in [-0.2, -0.15) is 4.98 Å². The number of ether oxygens (including phenoxy) is 1. The zero-order valence-electron chi connectivity index (χ0n) is 11.9. The van der Waals surface area contributed by atoms with Crippen molar-refractivity contribution >= 4 is 29.1 Å². The normalized spacial score (nSPS) is 16.0. The molecule has 1 aliphatic carbocycles. The first kappa shape index (κ1) is 15.4. The van der Waals surface area contributed by atoms with Crippen LogP contribution in [0.4, 0.5) is 11.5 Å². The third-order valence-electron chi connectivity index (χ3n) is 3.90. The number of rotatable bonds is 4. The van der Waals surface area contributed by atoms with Crippen LogP contribution in [-0.2, 0) is 9.53 Å². The number of hydrogen-bond acceptors (Lipinski definition) is 7. The highest BCUT2D eigenvalue weighted by atomic mass is 35.5. The third kappa shape index (κ3) is 2.39. The summed E-state index contributed by atoms with van der Waals surface area (Å²) in [5, 5.41) is 11.2. The van der Waals surface area contributed by atoms with Crippen molar-refractivity contribution in [2.75, 3.05) is 19.1 Å². The van der Waals surface area contributed by atoms with Crippen molar-refractivity contribution in [1.82, 2.24) is 9.97 Å². The second-order valence-corrected chi connectivity index (χ2v) is 5.28. The summed E-state index contributed by atoms with van der Waals surface area (Å²) in [5.74, 6) is -0.402. The first-order valence-electron chi connectivity index (χ1n) is 6.34. The fourth-order valence-corrected chi connectivity index (χ4v) is 2.75. The van der Waals surface area contributed by atoms with Gasteiger partial charge in [0.25, 0.3) is 0 Å². The predicted octanol–water partition coefficient (Wildman–Crippen LogP) is 1.88. The Morgan fingerprint density at radius 1 is 1.48 bits per heavy atom. The Morgan fingerprint density at radius 2 is 2.10 bits per heavy atom. The van der Waals surface area contributed by atoms with Crippen LogP contribution in [0.1, 0.15) is 25.0 Å². The van der Waals surface area contributed by atoms with Gasteiger partial charge in [0.15, 0.2) is 0 Å². The van der Waals surface area contributed by atoms with Gasteiger partial charge in [-0.3, -0.25) is 10.1 Å². The van der Waals surface area contributed by atoms with Gasteiger partial charge in [-0.15, -0.1) is 0 Å². The molecule has 21 heavy (non-hydrogen) atoms. The van der Waals surface area contributed by atoms with Crippen molar-refractivity contribution in [3.05, 3.63) is 21.1 Å². The van der Waals surface area contributed by atoms with Gasteiger partial charge in [0, 0.05) is 7.05 Å². The molecule has 0 atom stereocenters. The van der Waals surface area contributed by atoms with Crippen molar-refractivity contribution in [3.8, 4) is 0 Å². The molecule has 114 valence electrons. The number of carbonyl (C=O) groups is 1. The molecule has 1 aromatic heterocycles. The molecule has 1 saturated carbocycles. The molecule has 0 spiro atoms. The van der Waals surface area contributed by atoms with E-state index in [0.29, 0.717) is 12.8 Å². The van der Waals surface area contributed by atoms with Crippen molar-refractivity contribution < 1.29 is 14.5 Å². The van der Waals surface area contributed by atoms with E-state index in [1.165, 1.54) is 18.9 Å². The number of aromatic nitrogens is 2. The largest absolute Gasteiger partial charge is 0.467 e. The first-order chi connectivity index (χ1) is 9.83. The van der Waals surface area contributed by atoms with E-state index in [9.17, 15) is 14.9 Å². The number of aryl methyl sites for hydroxylation is 1. The van der Waals surface area contributed by atoms with Gasteiger partial charge in [-0.05, 0) is 37.8 Å². The maximum absolute atomic E-state index is 12.1. The smallest absolute Gasteiger partial charge is 0.332 e. The summed E-state index contributed by atoms with van der Waals surface area (Å²) in [7, 11) is 2.88. The fraction of sp³-hybridized carbons (Fsp3) is 0.583. The summed E-state index contributed by atoms with van der Waals surface area (Å²) in [6, 6.07) is 0. The Balaban J connectivity index is 2.55. The zero-order chi connectivity index (χ0) is 15.8. The van der Waals surface area contributed by atoms with Crippen LogP contribution in [0.2, 0.25) is 5.28 Å². The van der Waals surface area contributed by atoms with Gasteiger partial charge in [0.1, 0.15) is 11.2 Å². The molecule has 0 saturated heterocycles. The Labute approximate surface area is 126 Å². The van der Waals surface area contributed by atoms with Gasteiger partial charge >= 0.3 is 11.7 Å². The fourth-order valence-electron chi connectivity index (χ4n) is 2.55. The lowest BCUT2D eigenvalue weighted by Gasteiger charge is -2.45. The van der Waals surface area contributed by atoms with Crippen molar-refractivity contribution in [2.24, 2.45) is 0 Å².